The van der Waals surface area contributed by atoms with Gasteiger partial charge < -0.3 is 4.42 Å². The van der Waals surface area contributed by atoms with Gasteiger partial charge in [0, 0.05) is 44.2 Å². The lowest BCUT2D eigenvalue weighted by Crippen LogP contribution is -2.48. The number of benzene rings is 2. The van der Waals surface area contributed by atoms with Crippen molar-refractivity contribution >= 4 is 44.2 Å². The Kier molecular flexibility index (Phi) is 6.42. The van der Waals surface area contributed by atoms with Crippen molar-refractivity contribution in [3.8, 4) is 0 Å². The van der Waals surface area contributed by atoms with Gasteiger partial charge in [-0.2, -0.15) is 4.31 Å². The van der Waals surface area contributed by atoms with E-state index in [0.29, 0.717) is 38.3 Å². The largest absolute Gasteiger partial charge is 0.423 e. The van der Waals surface area contributed by atoms with Gasteiger partial charge in [-0.15, -0.1) is 0 Å². The van der Waals surface area contributed by atoms with E-state index in [1.54, 1.807) is 12.1 Å². The fourth-order valence-electron chi connectivity index (χ4n) is 3.82. The molecule has 1 saturated heterocycles. The summed E-state index contributed by atoms with van der Waals surface area (Å²) in [6.07, 6.45) is 0.858. The predicted octanol–water partition coefficient (Wildman–Crippen LogP) is 4.17. The summed E-state index contributed by atoms with van der Waals surface area (Å²) in [6, 6.07) is 12.0. The Morgan fingerprint density at radius 1 is 1.03 bits per heavy atom. The first-order valence-electron chi connectivity index (χ1n) is 10.0. The smallest absolute Gasteiger partial charge is 0.336 e. The van der Waals surface area contributed by atoms with Crippen LogP contribution in [0, 0.1) is 0 Å². The standard InChI is InChI=1S/C22H22Cl2N2O4S/c1-2-15-6-7-17-16(13-21(27)30-19(17)12-15)14-25-8-10-26(11-9-25)31(28,29)20-5-3-4-18(23)22(20)24/h3-7,12-13H,2,8-11,14H2,1H3. The SMILES string of the molecule is CCc1ccc2c(CN3CCN(S(=O)(=O)c4cccc(Cl)c4Cl)CC3)cc(=O)oc2c1. The Balaban J connectivity index is 1.51. The van der Waals surface area contributed by atoms with Crippen LogP contribution < -0.4 is 5.63 Å². The molecule has 0 saturated carbocycles. The van der Waals surface area contributed by atoms with E-state index in [4.69, 9.17) is 27.6 Å². The van der Waals surface area contributed by atoms with Gasteiger partial charge in [0.25, 0.3) is 0 Å². The second-order valence-electron chi connectivity index (χ2n) is 7.51. The Morgan fingerprint density at radius 2 is 1.77 bits per heavy atom. The molecular weight excluding hydrogens is 459 g/mol. The number of piperazine rings is 1. The van der Waals surface area contributed by atoms with Crippen molar-refractivity contribution in [3.63, 3.8) is 0 Å². The highest BCUT2D eigenvalue weighted by Gasteiger charge is 2.30. The van der Waals surface area contributed by atoms with E-state index in [-0.39, 0.29) is 20.6 Å². The van der Waals surface area contributed by atoms with Crippen LogP contribution in [0.15, 0.2) is 56.6 Å². The van der Waals surface area contributed by atoms with Gasteiger partial charge in [-0.3, -0.25) is 4.90 Å². The zero-order valence-electron chi connectivity index (χ0n) is 17.0. The van der Waals surface area contributed by atoms with Crippen LogP contribution in [0.4, 0.5) is 0 Å². The first-order valence-corrected chi connectivity index (χ1v) is 12.2. The number of hydrogen-bond acceptors (Lipinski definition) is 5. The maximum atomic E-state index is 13.0. The second kappa shape index (κ2) is 8.92. The highest BCUT2D eigenvalue weighted by Crippen LogP contribution is 2.31. The molecule has 1 aromatic heterocycles. The van der Waals surface area contributed by atoms with Crippen LogP contribution in [0.25, 0.3) is 11.0 Å². The minimum Gasteiger partial charge on any atom is -0.423 e. The minimum atomic E-state index is -3.74. The van der Waals surface area contributed by atoms with E-state index in [9.17, 15) is 13.2 Å². The van der Waals surface area contributed by atoms with E-state index in [0.717, 1.165) is 22.9 Å². The lowest BCUT2D eigenvalue weighted by Gasteiger charge is -2.34. The lowest BCUT2D eigenvalue weighted by molar-refractivity contribution is 0.182. The maximum absolute atomic E-state index is 13.0. The maximum Gasteiger partial charge on any atom is 0.336 e. The molecule has 2 heterocycles. The number of aryl methyl sites for hydroxylation is 1. The van der Waals surface area contributed by atoms with Crippen molar-refractivity contribution in [1.82, 2.24) is 9.21 Å². The molecule has 0 aliphatic carbocycles. The average molecular weight is 481 g/mol. The molecule has 0 atom stereocenters. The van der Waals surface area contributed by atoms with E-state index >= 15 is 0 Å². The van der Waals surface area contributed by atoms with Crippen LogP contribution in [-0.4, -0.2) is 43.8 Å². The molecule has 1 aliphatic heterocycles. The number of fused-ring (bicyclic) bond motifs is 1. The molecule has 0 bridgehead atoms. The summed E-state index contributed by atoms with van der Waals surface area (Å²) in [5.41, 5.74) is 2.18. The van der Waals surface area contributed by atoms with Gasteiger partial charge >= 0.3 is 5.63 Å². The fourth-order valence-corrected chi connectivity index (χ4v) is 5.97. The van der Waals surface area contributed by atoms with Crippen molar-refractivity contribution in [2.75, 3.05) is 26.2 Å². The molecule has 1 aliphatic rings. The normalized spacial score (nSPS) is 16.1. The summed E-state index contributed by atoms with van der Waals surface area (Å²) in [4.78, 5) is 14.2. The monoisotopic (exact) mass is 480 g/mol. The third kappa shape index (κ3) is 4.52. The van der Waals surface area contributed by atoms with Crippen molar-refractivity contribution in [2.45, 2.75) is 24.8 Å². The van der Waals surface area contributed by atoms with E-state index in [1.165, 1.54) is 16.4 Å². The molecule has 0 N–H and O–H groups in total. The molecule has 1 fully saturated rings. The average Bonchev–Trinajstić information content (AvgIpc) is 2.75. The quantitative estimate of drug-likeness (QED) is 0.512. The van der Waals surface area contributed by atoms with Crippen molar-refractivity contribution in [2.24, 2.45) is 0 Å². The molecule has 6 nitrogen and oxygen atoms in total. The van der Waals surface area contributed by atoms with Gasteiger partial charge in [0.05, 0.1) is 10.0 Å². The van der Waals surface area contributed by atoms with E-state index < -0.39 is 10.0 Å². The third-order valence-corrected chi connectivity index (χ3v) is 8.43. The number of rotatable bonds is 5. The second-order valence-corrected chi connectivity index (χ2v) is 10.2. The van der Waals surface area contributed by atoms with Gasteiger partial charge in [0.2, 0.25) is 10.0 Å². The number of nitrogens with zero attached hydrogens (tertiary/aromatic N) is 2. The molecule has 3 aromatic rings. The van der Waals surface area contributed by atoms with Gasteiger partial charge in [-0.1, -0.05) is 48.3 Å². The molecule has 31 heavy (non-hydrogen) atoms. The summed E-state index contributed by atoms with van der Waals surface area (Å²) >= 11 is 12.1. The first-order chi connectivity index (χ1) is 14.8. The predicted molar refractivity (Wildman–Crippen MR) is 122 cm³/mol. The Bertz CT molecular complexity index is 1280. The highest BCUT2D eigenvalue weighted by molar-refractivity contribution is 7.89. The summed E-state index contributed by atoms with van der Waals surface area (Å²) in [5, 5.41) is 1.15. The zero-order valence-corrected chi connectivity index (χ0v) is 19.3. The summed E-state index contributed by atoms with van der Waals surface area (Å²) < 4.78 is 32.8. The summed E-state index contributed by atoms with van der Waals surface area (Å²) in [7, 11) is -3.74. The molecular formula is C22H22Cl2N2O4S. The van der Waals surface area contributed by atoms with Gasteiger partial charge in [-0.25, -0.2) is 13.2 Å². The van der Waals surface area contributed by atoms with E-state index in [1.807, 2.05) is 25.1 Å². The van der Waals surface area contributed by atoms with Crippen molar-refractivity contribution in [3.05, 3.63) is 74.1 Å². The fraction of sp³-hybridized carbons (Fsp3) is 0.318. The lowest BCUT2D eigenvalue weighted by atomic mass is 10.1. The summed E-state index contributed by atoms with van der Waals surface area (Å²) in [5.74, 6) is 0. The molecule has 0 amide bonds. The Morgan fingerprint density at radius 3 is 2.48 bits per heavy atom. The number of halogens is 2. The molecule has 164 valence electrons. The number of hydrogen-bond donors (Lipinski definition) is 0. The molecule has 2 aromatic carbocycles. The summed E-state index contributed by atoms with van der Waals surface area (Å²) in [6.45, 7) is 4.31. The Hall–Kier alpha value is -1.90. The molecule has 9 heteroatoms. The molecule has 0 unspecified atom stereocenters. The number of sulfonamides is 1. The minimum absolute atomic E-state index is 0.0218. The zero-order chi connectivity index (χ0) is 22.2. The van der Waals surface area contributed by atoms with Crippen molar-refractivity contribution < 1.29 is 12.8 Å². The Labute approximate surface area is 191 Å². The first kappa shape index (κ1) is 22.3. The molecule has 4 rings (SSSR count). The topological polar surface area (TPSA) is 70.8 Å². The van der Waals surface area contributed by atoms with Crippen LogP contribution in [-0.2, 0) is 23.0 Å². The van der Waals surface area contributed by atoms with Crippen LogP contribution in [0.3, 0.4) is 0 Å². The molecule has 0 spiro atoms. The van der Waals surface area contributed by atoms with Crippen LogP contribution >= 0.6 is 23.2 Å². The van der Waals surface area contributed by atoms with Crippen molar-refractivity contribution in [1.29, 1.82) is 0 Å². The van der Waals surface area contributed by atoms with Crippen LogP contribution in [0.1, 0.15) is 18.1 Å². The van der Waals surface area contributed by atoms with Crippen LogP contribution in [0.2, 0.25) is 10.0 Å². The third-order valence-electron chi connectivity index (χ3n) is 5.56. The van der Waals surface area contributed by atoms with Gasteiger partial charge in [0.15, 0.2) is 0 Å². The molecule has 0 radical (unpaired) electrons. The highest BCUT2D eigenvalue weighted by atomic mass is 35.5. The van der Waals surface area contributed by atoms with Crippen LogP contribution in [0.5, 0.6) is 0 Å². The van der Waals surface area contributed by atoms with E-state index in [2.05, 4.69) is 4.90 Å². The van der Waals surface area contributed by atoms with Gasteiger partial charge in [-0.05, 0) is 35.7 Å². The van der Waals surface area contributed by atoms with Gasteiger partial charge in [0.1, 0.15) is 10.5 Å².